The smallest absolute Gasteiger partial charge is 0.275 e. The van der Waals surface area contributed by atoms with Crippen molar-refractivity contribution in [3.05, 3.63) is 94.7 Å². The summed E-state index contributed by atoms with van der Waals surface area (Å²) in [6.07, 6.45) is 5.41. The van der Waals surface area contributed by atoms with Gasteiger partial charge in [-0.15, -0.1) is 11.3 Å². The van der Waals surface area contributed by atoms with E-state index in [0.717, 1.165) is 10.6 Å². The van der Waals surface area contributed by atoms with Crippen LogP contribution in [0.15, 0.2) is 72.6 Å². The number of nitrogens with zero attached hydrogens (tertiary/aromatic N) is 3. The molecule has 1 amide bonds. The zero-order valence-electron chi connectivity index (χ0n) is 14.2. The Balaban J connectivity index is 1.46. The van der Waals surface area contributed by atoms with Crippen LogP contribution < -0.4 is 5.32 Å². The van der Waals surface area contributed by atoms with E-state index in [1.165, 1.54) is 23.7 Å². The van der Waals surface area contributed by atoms with Gasteiger partial charge in [-0.05, 0) is 23.8 Å². The molecule has 0 saturated heterocycles. The van der Waals surface area contributed by atoms with Crippen LogP contribution in [-0.4, -0.2) is 20.4 Å². The van der Waals surface area contributed by atoms with Crippen molar-refractivity contribution in [1.82, 2.24) is 14.5 Å². The number of rotatable bonds is 5. The van der Waals surface area contributed by atoms with Crippen LogP contribution in [-0.2, 0) is 6.42 Å². The van der Waals surface area contributed by atoms with Crippen molar-refractivity contribution in [1.29, 1.82) is 0 Å². The van der Waals surface area contributed by atoms with Gasteiger partial charge in [0, 0.05) is 29.9 Å². The molecule has 0 radical (unpaired) electrons. The zero-order chi connectivity index (χ0) is 18.6. The summed E-state index contributed by atoms with van der Waals surface area (Å²) >= 11 is 1.43. The number of imidazole rings is 1. The summed E-state index contributed by atoms with van der Waals surface area (Å²) in [7, 11) is 0. The first kappa shape index (κ1) is 17.1. The molecule has 0 fully saturated rings. The zero-order valence-corrected chi connectivity index (χ0v) is 15.0. The lowest BCUT2D eigenvalue weighted by Gasteiger charge is -2.07. The van der Waals surface area contributed by atoms with Gasteiger partial charge < -0.3 is 9.88 Å². The third-order valence-electron chi connectivity index (χ3n) is 3.97. The maximum absolute atomic E-state index is 14.3. The quantitative estimate of drug-likeness (QED) is 0.563. The summed E-state index contributed by atoms with van der Waals surface area (Å²) in [5.41, 5.74) is 2.20. The topological polar surface area (TPSA) is 59.8 Å². The Hall–Kier alpha value is -3.32. The predicted molar refractivity (Wildman–Crippen MR) is 103 cm³/mol. The summed E-state index contributed by atoms with van der Waals surface area (Å²) in [6.45, 7) is 0. The fourth-order valence-corrected chi connectivity index (χ4v) is 3.47. The van der Waals surface area contributed by atoms with Gasteiger partial charge >= 0.3 is 0 Å². The second-order valence-corrected chi connectivity index (χ2v) is 6.82. The molecule has 2 heterocycles. The molecule has 7 heteroatoms. The molecule has 1 N–H and O–H groups in total. The number of carbonyl (C=O) groups is 1. The lowest BCUT2D eigenvalue weighted by atomic mass is 10.2. The third kappa shape index (κ3) is 3.93. The van der Waals surface area contributed by atoms with E-state index in [9.17, 15) is 9.18 Å². The van der Waals surface area contributed by atoms with Crippen LogP contribution in [0.1, 0.15) is 21.1 Å². The van der Waals surface area contributed by atoms with E-state index in [1.54, 1.807) is 34.5 Å². The molecular formula is C20H15FN4OS. The van der Waals surface area contributed by atoms with Gasteiger partial charge in [0.2, 0.25) is 0 Å². The van der Waals surface area contributed by atoms with Gasteiger partial charge in [-0.2, -0.15) is 0 Å². The molecule has 0 atom stereocenters. The molecule has 0 spiro atoms. The number of hydrogen-bond donors (Lipinski definition) is 1. The van der Waals surface area contributed by atoms with Crippen molar-refractivity contribution in [3.63, 3.8) is 0 Å². The highest BCUT2D eigenvalue weighted by molar-refractivity contribution is 7.09. The van der Waals surface area contributed by atoms with Crippen molar-refractivity contribution < 1.29 is 9.18 Å². The molecule has 4 rings (SSSR count). The van der Waals surface area contributed by atoms with Crippen molar-refractivity contribution in [3.8, 4) is 5.69 Å². The SMILES string of the molecule is O=C(Nc1ccc(-n2ccnc2)c(F)c1)c1csc(Cc2ccccc2)n1. The molecule has 27 heavy (non-hydrogen) atoms. The second-order valence-electron chi connectivity index (χ2n) is 5.88. The number of halogens is 1. The molecule has 0 aliphatic heterocycles. The van der Waals surface area contributed by atoms with E-state index < -0.39 is 5.82 Å². The Morgan fingerprint density at radius 1 is 1.19 bits per heavy atom. The van der Waals surface area contributed by atoms with Gasteiger partial charge in [0.05, 0.1) is 17.0 Å². The van der Waals surface area contributed by atoms with Crippen LogP contribution in [0.3, 0.4) is 0 Å². The molecule has 0 unspecified atom stereocenters. The largest absolute Gasteiger partial charge is 0.321 e. The number of amides is 1. The molecule has 0 aliphatic rings. The lowest BCUT2D eigenvalue weighted by molar-refractivity contribution is 0.102. The van der Waals surface area contributed by atoms with Crippen LogP contribution in [0.5, 0.6) is 0 Å². The Kier molecular flexibility index (Phi) is 4.76. The predicted octanol–water partition coefficient (Wildman–Crippen LogP) is 4.31. The van der Waals surface area contributed by atoms with Gasteiger partial charge in [0.25, 0.3) is 5.91 Å². The fraction of sp³-hybridized carbons (Fsp3) is 0.0500. The van der Waals surface area contributed by atoms with Crippen molar-refractivity contribution >= 4 is 22.9 Å². The monoisotopic (exact) mass is 378 g/mol. The summed E-state index contributed by atoms with van der Waals surface area (Å²) in [5.74, 6) is -0.811. The maximum atomic E-state index is 14.3. The lowest BCUT2D eigenvalue weighted by Crippen LogP contribution is -2.13. The average Bonchev–Trinajstić information content (AvgIpc) is 3.35. The molecule has 0 bridgehead atoms. The molecule has 0 saturated carbocycles. The van der Waals surface area contributed by atoms with Gasteiger partial charge in [-0.3, -0.25) is 4.79 Å². The minimum atomic E-state index is -0.450. The summed E-state index contributed by atoms with van der Waals surface area (Å²) < 4.78 is 15.9. The normalized spacial score (nSPS) is 10.7. The van der Waals surface area contributed by atoms with Crippen LogP contribution in [0.2, 0.25) is 0 Å². The first-order valence-corrected chi connectivity index (χ1v) is 9.14. The second kappa shape index (κ2) is 7.51. The van der Waals surface area contributed by atoms with E-state index >= 15 is 0 Å². The molecule has 134 valence electrons. The molecule has 0 aliphatic carbocycles. The highest BCUT2D eigenvalue weighted by Crippen LogP contribution is 2.20. The first-order valence-electron chi connectivity index (χ1n) is 8.26. The minimum Gasteiger partial charge on any atom is -0.321 e. The molecule has 5 nitrogen and oxygen atoms in total. The fourth-order valence-electron chi connectivity index (χ4n) is 2.66. The first-order chi connectivity index (χ1) is 13.2. The minimum absolute atomic E-state index is 0.324. The van der Waals surface area contributed by atoms with Crippen LogP contribution in [0.25, 0.3) is 5.69 Å². The molecule has 2 aromatic carbocycles. The number of carbonyl (C=O) groups excluding carboxylic acids is 1. The number of thiazole rings is 1. The Labute approximate surface area is 159 Å². The average molecular weight is 378 g/mol. The molecule has 2 aromatic heterocycles. The van der Waals surface area contributed by atoms with Gasteiger partial charge in [-0.25, -0.2) is 14.4 Å². The van der Waals surface area contributed by atoms with Crippen molar-refractivity contribution in [2.45, 2.75) is 6.42 Å². The van der Waals surface area contributed by atoms with Crippen molar-refractivity contribution in [2.75, 3.05) is 5.32 Å². The number of hydrogen-bond acceptors (Lipinski definition) is 4. The van der Waals surface area contributed by atoms with Crippen LogP contribution >= 0.6 is 11.3 Å². The van der Waals surface area contributed by atoms with Crippen LogP contribution in [0, 0.1) is 5.82 Å². The highest BCUT2D eigenvalue weighted by atomic mass is 32.1. The third-order valence-corrected chi connectivity index (χ3v) is 4.82. The maximum Gasteiger partial charge on any atom is 0.275 e. The summed E-state index contributed by atoms with van der Waals surface area (Å²) in [4.78, 5) is 20.7. The van der Waals surface area contributed by atoms with E-state index in [1.807, 2.05) is 30.3 Å². The summed E-state index contributed by atoms with van der Waals surface area (Å²) in [6, 6.07) is 14.5. The van der Waals surface area contributed by atoms with Crippen molar-refractivity contribution in [2.24, 2.45) is 0 Å². The van der Waals surface area contributed by atoms with Gasteiger partial charge in [0.15, 0.2) is 0 Å². The molecular weight excluding hydrogens is 363 g/mol. The number of aromatic nitrogens is 3. The Bertz CT molecular complexity index is 1060. The standard InChI is InChI=1S/C20H15FN4OS/c21-16-11-15(6-7-18(16)25-9-8-22-13-25)23-20(26)17-12-27-19(24-17)10-14-4-2-1-3-5-14/h1-9,11-13H,10H2,(H,23,26). The van der Waals surface area contributed by atoms with E-state index in [4.69, 9.17) is 0 Å². The number of benzene rings is 2. The van der Waals surface area contributed by atoms with E-state index in [0.29, 0.717) is 23.5 Å². The van der Waals surface area contributed by atoms with Gasteiger partial charge in [0.1, 0.15) is 11.5 Å². The van der Waals surface area contributed by atoms with E-state index in [2.05, 4.69) is 15.3 Å². The number of nitrogens with one attached hydrogen (secondary N) is 1. The van der Waals surface area contributed by atoms with Crippen LogP contribution in [0.4, 0.5) is 10.1 Å². The van der Waals surface area contributed by atoms with Gasteiger partial charge in [-0.1, -0.05) is 30.3 Å². The highest BCUT2D eigenvalue weighted by Gasteiger charge is 2.13. The Morgan fingerprint density at radius 3 is 2.78 bits per heavy atom. The summed E-state index contributed by atoms with van der Waals surface area (Å²) in [5, 5.41) is 5.26. The Morgan fingerprint density at radius 2 is 2.04 bits per heavy atom. The molecule has 4 aromatic rings. The van der Waals surface area contributed by atoms with E-state index in [-0.39, 0.29) is 5.91 Å². The number of anilines is 1.